The summed E-state index contributed by atoms with van der Waals surface area (Å²) in [5.41, 5.74) is 5.32. The highest BCUT2D eigenvalue weighted by Crippen LogP contribution is 2.46. The number of hydrogen-bond donors (Lipinski definition) is 0. The predicted octanol–water partition coefficient (Wildman–Crippen LogP) is 5.16. The molecule has 0 N–H and O–H groups in total. The summed E-state index contributed by atoms with van der Waals surface area (Å²) < 4.78 is 0. The molecule has 0 aromatic heterocycles. The molecule has 0 saturated heterocycles. The fourth-order valence-electron chi connectivity index (χ4n) is 2.97. The molecule has 0 heteroatoms. The van der Waals surface area contributed by atoms with Gasteiger partial charge in [0.15, 0.2) is 0 Å². The first-order chi connectivity index (χ1) is 7.74. The summed E-state index contributed by atoms with van der Waals surface area (Å²) in [6, 6.07) is 7.17. The monoisotopic (exact) mass is 230 g/mol. The van der Waals surface area contributed by atoms with Gasteiger partial charge in [0.1, 0.15) is 0 Å². The SMILES string of the molecule is CC(C)c1ccc2c(c1)C(C)(C)CCC2(C)C. The first-order valence-corrected chi connectivity index (χ1v) is 6.89. The van der Waals surface area contributed by atoms with Crippen LogP contribution in [0.1, 0.15) is 77.0 Å². The van der Waals surface area contributed by atoms with Crippen molar-refractivity contribution in [3.63, 3.8) is 0 Å². The Morgan fingerprint density at radius 3 is 1.94 bits per heavy atom. The molecule has 0 unspecified atom stereocenters. The van der Waals surface area contributed by atoms with Gasteiger partial charge in [0, 0.05) is 0 Å². The zero-order chi connectivity index (χ0) is 12.8. The number of hydrogen-bond acceptors (Lipinski definition) is 0. The molecule has 0 radical (unpaired) electrons. The van der Waals surface area contributed by atoms with Crippen molar-refractivity contribution in [1.82, 2.24) is 0 Å². The largest absolute Gasteiger partial charge is 0.0587 e. The second-order valence-electron chi connectivity index (χ2n) is 7.23. The van der Waals surface area contributed by atoms with Crippen LogP contribution < -0.4 is 0 Å². The molecule has 1 aromatic carbocycles. The molecule has 0 amide bonds. The topological polar surface area (TPSA) is 0 Å². The molecule has 1 aliphatic carbocycles. The lowest BCUT2D eigenvalue weighted by atomic mass is 9.63. The van der Waals surface area contributed by atoms with E-state index in [-0.39, 0.29) is 0 Å². The second-order valence-corrected chi connectivity index (χ2v) is 7.23. The van der Waals surface area contributed by atoms with Gasteiger partial charge in [0.2, 0.25) is 0 Å². The Kier molecular flexibility index (Phi) is 2.88. The van der Waals surface area contributed by atoms with Crippen molar-refractivity contribution in [3.05, 3.63) is 34.9 Å². The minimum absolute atomic E-state index is 0.343. The third kappa shape index (κ3) is 2.14. The molecule has 0 bridgehead atoms. The summed E-state index contributed by atoms with van der Waals surface area (Å²) in [4.78, 5) is 0. The van der Waals surface area contributed by atoms with Gasteiger partial charge in [-0.1, -0.05) is 59.7 Å². The molecule has 1 aliphatic rings. The van der Waals surface area contributed by atoms with Crippen LogP contribution in [0.4, 0.5) is 0 Å². The van der Waals surface area contributed by atoms with Gasteiger partial charge in [-0.05, 0) is 46.3 Å². The minimum Gasteiger partial charge on any atom is -0.0587 e. The maximum absolute atomic E-state index is 2.46. The quantitative estimate of drug-likeness (QED) is 0.625. The first-order valence-electron chi connectivity index (χ1n) is 6.89. The van der Waals surface area contributed by atoms with E-state index in [1.807, 2.05) is 0 Å². The van der Waals surface area contributed by atoms with Crippen molar-refractivity contribution in [3.8, 4) is 0 Å². The van der Waals surface area contributed by atoms with Crippen LogP contribution in [0.3, 0.4) is 0 Å². The highest BCUT2D eigenvalue weighted by atomic mass is 14.4. The average molecular weight is 230 g/mol. The van der Waals surface area contributed by atoms with Crippen LogP contribution >= 0.6 is 0 Å². The zero-order valence-corrected chi connectivity index (χ0v) is 12.2. The molecule has 17 heavy (non-hydrogen) atoms. The molecule has 2 rings (SSSR count). The van der Waals surface area contributed by atoms with E-state index in [9.17, 15) is 0 Å². The van der Waals surface area contributed by atoms with Crippen LogP contribution in [0.15, 0.2) is 18.2 Å². The van der Waals surface area contributed by atoms with Crippen LogP contribution in [0.2, 0.25) is 0 Å². The highest BCUT2D eigenvalue weighted by molar-refractivity contribution is 5.44. The Morgan fingerprint density at radius 2 is 1.41 bits per heavy atom. The van der Waals surface area contributed by atoms with Crippen LogP contribution in [-0.2, 0) is 10.8 Å². The van der Waals surface area contributed by atoms with Crippen LogP contribution in [0.25, 0.3) is 0 Å². The van der Waals surface area contributed by atoms with Crippen molar-refractivity contribution in [1.29, 1.82) is 0 Å². The molecule has 1 aromatic rings. The van der Waals surface area contributed by atoms with E-state index in [0.717, 1.165) is 0 Å². The van der Waals surface area contributed by atoms with Crippen LogP contribution in [-0.4, -0.2) is 0 Å². The predicted molar refractivity (Wildman–Crippen MR) is 75.8 cm³/mol. The van der Waals surface area contributed by atoms with E-state index in [2.05, 4.69) is 59.7 Å². The van der Waals surface area contributed by atoms with E-state index in [1.54, 1.807) is 11.1 Å². The van der Waals surface area contributed by atoms with Crippen LogP contribution in [0.5, 0.6) is 0 Å². The lowest BCUT2D eigenvalue weighted by Crippen LogP contribution is -2.33. The molecular weight excluding hydrogens is 204 g/mol. The Hall–Kier alpha value is -0.780. The summed E-state index contributed by atoms with van der Waals surface area (Å²) in [7, 11) is 0. The zero-order valence-electron chi connectivity index (χ0n) is 12.2. The van der Waals surface area contributed by atoms with Gasteiger partial charge in [-0.2, -0.15) is 0 Å². The molecular formula is C17H26. The molecule has 0 saturated carbocycles. The van der Waals surface area contributed by atoms with Crippen molar-refractivity contribution >= 4 is 0 Å². The molecule has 94 valence electrons. The minimum atomic E-state index is 0.343. The average Bonchev–Trinajstić information content (AvgIpc) is 2.24. The maximum atomic E-state index is 2.46. The molecule has 0 nitrogen and oxygen atoms in total. The van der Waals surface area contributed by atoms with Crippen molar-refractivity contribution in [2.75, 3.05) is 0 Å². The lowest BCUT2D eigenvalue weighted by Gasteiger charge is -2.42. The lowest BCUT2D eigenvalue weighted by molar-refractivity contribution is 0.331. The van der Waals surface area contributed by atoms with Gasteiger partial charge < -0.3 is 0 Å². The smallest absolute Gasteiger partial charge is 0.0100 e. The number of benzene rings is 1. The normalized spacial score (nSPS) is 21.4. The third-order valence-corrected chi connectivity index (χ3v) is 4.54. The third-order valence-electron chi connectivity index (χ3n) is 4.54. The van der Waals surface area contributed by atoms with Gasteiger partial charge >= 0.3 is 0 Å². The first kappa shape index (κ1) is 12.7. The molecule has 0 aliphatic heterocycles. The summed E-state index contributed by atoms with van der Waals surface area (Å²) >= 11 is 0. The van der Waals surface area contributed by atoms with Crippen molar-refractivity contribution in [2.45, 2.75) is 71.1 Å². The Morgan fingerprint density at radius 1 is 0.882 bits per heavy atom. The van der Waals surface area contributed by atoms with Gasteiger partial charge in [0.25, 0.3) is 0 Å². The molecule has 0 atom stereocenters. The highest BCUT2D eigenvalue weighted by Gasteiger charge is 2.36. The Bertz CT molecular complexity index is 422. The van der Waals surface area contributed by atoms with Crippen molar-refractivity contribution < 1.29 is 0 Å². The number of rotatable bonds is 1. The molecule has 0 heterocycles. The standard InChI is InChI=1S/C17H26/c1-12(2)13-7-8-14-15(11-13)17(5,6)10-9-16(14,3)4/h7-8,11-12H,9-10H2,1-6H3. The van der Waals surface area contributed by atoms with E-state index >= 15 is 0 Å². The maximum Gasteiger partial charge on any atom is -0.0100 e. The molecule has 0 spiro atoms. The van der Waals surface area contributed by atoms with Gasteiger partial charge in [-0.15, -0.1) is 0 Å². The van der Waals surface area contributed by atoms with Crippen LogP contribution in [0, 0.1) is 0 Å². The summed E-state index contributed by atoms with van der Waals surface area (Å²) in [6.45, 7) is 14.1. The van der Waals surface area contributed by atoms with E-state index < -0.39 is 0 Å². The van der Waals surface area contributed by atoms with E-state index in [1.165, 1.54) is 18.4 Å². The van der Waals surface area contributed by atoms with Gasteiger partial charge in [-0.25, -0.2) is 0 Å². The van der Waals surface area contributed by atoms with E-state index in [0.29, 0.717) is 16.7 Å². The Labute approximate surface area is 106 Å². The van der Waals surface area contributed by atoms with Gasteiger partial charge in [0.05, 0.1) is 0 Å². The molecule has 0 fully saturated rings. The fourth-order valence-corrected chi connectivity index (χ4v) is 2.97. The number of fused-ring (bicyclic) bond motifs is 1. The van der Waals surface area contributed by atoms with E-state index in [4.69, 9.17) is 0 Å². The summed E-state index contributed by atoms with van der Waals surface area (Å²) in [5, 5.41) is 0. The summed E-state index contributed by atoms with van der Waals surface area (Å²) in [6.07, 6.45) is 2.60. The Balaban J connectivity index is 2.60. The fraction of sp³-hybridized carbons (Fsp3) is 0.647. The van der Waals surface area contributed by atoms with Crippen molar-refractivity contribution in [2.24, 2.45) is 0 Å². The second kappa shape index (κ2) is 3.86. The summed E-state index contributed by atoms with van der Waals surface area (Å²) in [5.74, 6) is 0.626. The van der Waals surface area contributed by atoms with Gasteiger partial charge in [-0.3, -0.25) is 0 Å².